The Morgan fingerprint density at radius 2 is 1.86 bits per heavy atom. The topological polar surface area (TPSA) is 56.1 Å². The maximum absolute atomic E-state index is 12.8. The van der Waals surface area contributed by atoms with Gasteiger partial charge < -0.3 is 10.1 Å². The zero-order chi connectivity index (χ0) is 20.3. The van der Waals surface area contributed by atoms with Crippen LogP contribution in [0.2, 0.25) is 0 Å². The summed E-state index contributed by atoms with van der Waals surface area (Å²) in [4.78, 5) is 12.8. The maximum atomic E-state index is 12.8. The van der Waals surface area contributed by atoms with E-state index >= 15 is 0 Å². The molecule has 5 nitrogen and oxygen atoms in total. The molecular weight excluding hydrogens is 350 g/mol. The van der Waals surface area contributed by atoms with Crippen LogP contribution in [0.15, 0.2) is 54.9 Å². The van der Waals surface area contributed by atoms with Crippen LogP contribution in [-0.2, 0) is 16.9 Å². The normalized spacial score (nSPS) is 11.3. The molecule has 1 N–H and O–H groups in total. The van der Waals surface area contributed by atoms with Crippen LogP contribution in [0, 0.1) is 13.8 Å². The first-order valence-corrected chi connectivity index (χ1v) is 9.35. The molecule has 0 aliphatic rings. The molecular formula is C23H27N3O2. The van der Waals surface area contributed by atoms with Gasteiger partial charge in [-0.3, -0.25) is 9.48 Å². The molecule has 0 fully saturated rings. The van der Waals surface area contributed by atoms with Crippen LogP contribution >= 0.6 is 0 Å². The third-order valence-electron chi connectivity index (χ3n) is 5.02. The molecule has 0 spiro atoms. The number of carbonyl (C=O) groups is 1. The molecule has 0 atom stereocenters. The minimum Gasteiger partial charge on any atom is -0.497 e. The number of benzene rings is 2. The van der Waals surface area contributed by atoms with Gasteiger partial charge in [-0.25, -0.2) is 0 Å². The zero-order valence-corrected chi connectivity index (χ0v) is 17.1. The Morgan fingerprint density at radius 3 is 2.50 bits per heavy atom. The van der Waals surface area contributed by atoms with E-state index in [0.717, 1.165) is 22.4 Å². The van der Waals surface area contributed by atoms with E-state index in [-0.39, 0.29) is 5.91 Å². The Hall–Kier alpha value is -3.08. The maximum Gasteiger partial charge on any atom is 0.247 e. The second kappa shape index (κ2) is 7.89. The van der Waals surface area contributed by atoms with Crippen molar-refractivity contribution in [3.63, 3.8) is 0 Å². The van der Waals surface area contributed by atoms with Gasteiger partial charge in [-0.05, 0) is 56.5 Å². The van der Waals surface area contributed by atoms with Gasteiger partial charge in [0.1, 0.15) is 11.3 Å². The second-order valence-corrected chi connectivity index (χ2v) is 7.58. The average Bonchev–Trinajstić information content (AvgIpc) is 3.17. The average molecular weight is 377 g/mol. The lowest BCUT2D eigenvalue weighted by Gasteiger charge is -2.24. The highest BCUT2D eigenvalue weighted by molar-refractivity contribution is 5.83. The number of carbonyl (C=O) groups excluding carboxylic acids is 1. The van der Waals surface area contributed by atoms with Crippen molar-refractivity contribution in [2.75, 3.05) is 7.11 Å². The summed E-state index contributed by atoms with van der Waals surface area (Å²) >= 11 is 0. The fourth-order valence-electron chi connectivity index (χ4n) is 3.15. The lowest BCUT2D eigenvalue weighted by molar-refractivity contribution is -0.129. The van der Waals surface area contributed by atoms with Crippen molar-refractivity contribution in [3.05, 3.63) is 71.5 Å². The summed E-state index contributed by atoms with van der Waals surface area (Å²) < 4.78 is 6.89. The standard InChI is InChI=1S/C23H27N3O2/c1-16-6-11-21(17(2)12-16)19-14-25-26(15-19)23(3,4)22(27)24-13-18-7-9-20(28-5)10-8-18/h6-12,14-15H,13H2,1-5H3,(H,24,27). The fourth-order valence-corrected chi connectivity index (χ4v) is 3.15. The van der Waals surface area contributed by atoms with Crippen molar-refractivity contribution >= 4 is 5.91 Å². The number of hydrogen-bond acceptors (Lipinski definition) is 3. The molecule has 0 aliphatic carbocycles. The van der Waals surface area contributed by atoms with E-state index in [1.54, 1.807) is 11.8 Å². The third-order valence-corrected chi connectivity index (χ3v) is 5.02. The molecule has 0 aliphatic heterocycles. The van der Waals surface area contributed by atoms with Crippen molar-refractivity contribution in [3.8, 4) is 16.9 Å². The van der Waals surface area contributed by atoms with Gasteiger partial charge >= 0.3 is 0 Å². The van der Waals surface area contributed by atoms with E-state index in [2.05, 4.69) is 42.5 Å². The number of aromatic nitrogens is 2. The molecule has 5 heteroatoms. The summed E-state index contributed by atoms with van der Waals surface area (Å²) in [6, 6.07) is 14.0. The van der Waals surface area contributed by atoms with Gasteiger partial charge in [-0.15, -0.1) is 0 Å². The van der Waals surface area contributed by atoms with Crippen molar-refractivity contribution in [2.45, 2.75) is 39.8 Å². The SMILES string of the molecule is COc1ccc(CNC(=O)C(C)(C)n2cc(-c3ccc(C)cc3C)cn2)cc1. The Labute approximate surface area is 166 Å². The quantitative estimate of drug-likeness (QED) is 0.699. The number of aryl methyl sites for hydroxylation is 2. The monoisotopic (exact) mass is 377 g/mol. The van der Waals surface area contributed by atoms with Crippen LogP contribution < -0.4 is 10.1 Å². The molecule has 146 valence electrons. The second-order valence-electron chi connectivity index (χ2n) is 7.58. The van der Waals surface area contributed by atoms with E-state index in [4.69, 9.17) is 4.74 Å². The van der Waals surface area contributed by atoms with E-state index in [0.29, 0.717) is 6.54 Å². The number of hydrogen-bond donors (Lipinski definition) is 1. The Balaban J connectivity index is 1.72. The first kappa shape index (κ1) is 19.7. The lowest BCUT2D eigenvalue weighted by atomic mass is 10.0. The Morgan fingerprint density at radius 1 is 1.14 bits per heavy atom. The third kappa shape index (κ3) is 4.09. The summed E-state index contributed by atoms with van der Waals surface area (Å²) in [7, 11) is 1.63. The molecule has 3 aromatic rings. The summed E-state index contributed by atoms with van der Waals surface area (Å²) in [5.74, 6) is 0.712. The number of ether oxygens (including phenoxy) is 1. The number of methoxy groups -OCH3 is 1. The van der Waals surface area contributed by atoms with Crippen molar-refractivity contribution in [1.29, 1.82) is 0 Å². The molecule has 0 saturated carbocycles. The fraction of sp³-hybridized carbons (Fsp3) is 0.304. The molecule has 2 aromatic carbocycles. The number of amides is 1. The van der Waals surface area contributed by atoms with Crippen molar-refractivity contribution in [1.82, 2.24) is 15.1 Å². The summed E-state index contributed by atoms with van der Waals surface area (Å²) in [6.45, 7) is 8.37. The van der Waals surface area contributed by atoms with Crippen molar-refractivity contribution < 1.29 is 9.53 Å². The summed E-state index contributed by atoms with van der Waals surface area (Å²) in [5.41, 5.74) is 4.78. The smallest absolute Gasteiger partial charge is 0.247 e. The molecule has 1 heterocycles. The molecule has 0 unspecified atom stereocenters. The molecule has 1 amide bonds. The van der Waals surface area contributed by atoms with E-state index < -0.39 is 5.54 Å². The number of nitrogens with zero attached hydrogens (tertiary/aromatic N) is 2. The van der Waals surface area contributed by atoms with Crippen LogP contribution in [0.3, 0.4) is 0 Å². The van der Waals surface area contributed by atoms with Gasteiger partial charge in [-0.1, -0.05) is 35.9 Å². The Bertz CT molecular complexity index is 972. The Kier molecular flexibility index (Phi) is 5.54. The van der Waals surface area contributed by atoms with Crippen LogP contribution in [0.25, 0.3) is 11.1 Å². The van der Waals surface area contributed by atoms with Gasteiger partial charge in [0.2, 0.25) is 5.91 Å². The molecule has 3 rings (SSSR count). The van der Waals surface area contributed by atoms with Crippen LogP contribution in [-0.4, -0.2) is 22.8 Å². The molecule has 0 saturated heterocycles. The van der Waals surface area contributed by atoms with Crippen molar-refractivity contribution in [2.24, 2.45) is 0 Å². The van der Waals surface area contributed by atoms with E-state index in [1.807, 2.05) is 50.5 Å². The predicted molar refractivity (Wildman–Crippen MR) is 111 cm³/mol. The molecule has 0 radical (unpaired) electrons. The zero-order valence-electron chi connectivity index (χ0n) is 17.1. The number of nitrogens with one attached hydrogen (secondary N) is 1. The number of rotatable bonds is 6. The minimum absolute atomic E-state index is 0.0846. The summed E-state index contributed by atoms with van der Waals surface area (Å²) in [5, 5.41) is 7.47. The first-order chi connectivity index (χ1) is 13.3. The minimum atomic E-state index is -0.802. The van der Waals surface area contributed by atoms with Crippen LogP contribution in [0.4, 0.5) is 0 Å². The first-order valence-electron chi connectivity index (χ1n) is 9.35. The van der Waals surface area contributed by atoms with Crippen LogP contribution in [0.5, 0.6) is 5.75 Å². The van der Waals surface area contributed by atoms with Gasteiger partial charge in [0.25, 0.3) is 0 Å². The molecule has 0 bridgehead atoms. The molecule has 1 aromatic heterocycles. The van der Waals surface area contributed by atoms with Gasteiger partial charge in [-0.2, -0.15) is 5.10 Å². The van der Waals surface area contributed by atoms with Crippen LogP contribution in [0.1, 0.15) is 30.5 Å². The van der Waals surface area contributed by atoms with Gasteiger partial charge in [0.05, 0.1) is 13.3 Å². The van der Waals surface area contributed by atoms with Gasteiger partial charge in [0, 0.05) is 18.3 Å². The molecule has 28 heavy (non-hydrogen) atoms. The lowest BCUT2D eigenvalue weighted by Crippen LogP contribution is -2.44. The van der Waals surface area contributed by atoms with Gasteiger partial charge in [0.15, 0.2) is 0 Å². The largest absolute Gasteiger partial charge is 0.497 e. The van der Waals surface area contributed by atoms with E-state index in [1.165, 1.54) is 11.1 Å². The predicted octanol–water partition coefficient (Wildman–Crippen LogP) is 4.23. The summed E-state index contributed by atoms with van der Waals surface area (Å²) in [6.07, 6.45) is 3.75. The highest BCUT2D eigenvalue weighted by Gasteiger charge is 2.30. The van der Waals surface area contributed by atoms with E-state index in [9.17, 15) is 4.79 Å². The highest BCUT2D eigenvalue weighted by Crippen LogP contribution is 2.26. The highest BCUT2D eigenvalue weighted by atomic mass is 16.5.